The summed E-state index contributed by atoms with van der Waals surface area (Å²) in [5.41, 5.74) is 2.58. The lowest BCUT2D eigenvalue weighted by Crippen LogP contribution is -2.48. The summed E-state index contributed by atoms with van der Waals surface area (Å²) < 4.78 is 0. The average Bonchev–Trinajstić information content (AvgIpc) is 2.78. The second kappa shape index (κ2) is 6.84. The van der Waals surface area contributed by atoms with Gasteiger partial charge in [0, 0.05) is 23.9 Å². The largest absolute Gasteiger partial charge is 0.353 e. The number of carbonyl (C=O) groups excluding carboxylic acids is 1. The molecule has 2 bridgehead atoms. The van der Waals surface area contributed by atoms with E-state index in [4.69, 9.17) is 0 Å². The van der Waals surface area contributed by atoms with Crippen LogP contribution >= 0.6 is 11.8 Å². The zero-order chi connectivity index (χ0) is 14.7. The van der Waals surface area contributed by atoms with Gasteiger partial charge in [0.2, 0.25) is 5.91 Å². The van der Waals surface area contributed by atoms with Crippen LogP contribution in [-0.4, -0.2) is 29.8 Å². The summed E-state index contributed by atoms with van der Waals surface area (Å²) in [6, 6.07) is 10.2. The third kappa shape index (κ3) is 4.24. The highest BCUT2D eigenvalue weighted by atomic mass is 32.2. The number of aryl methyl sites for hydroxylation is 1. The molecular formula is C17H24N2OS. The zero-order valence-electron chi connectivity index (χ0n) is 12.6. The Morgan fingerprint density at radius 2 is 2.10 bits per heavy atom. The predicted molar refractivity (Wildman–Crippen MR) is 88.5 cm³/mol. The van der Waals surface area contributed by atoms with E-state index in [1.165, 1.54) is 24.0 Å². The van der Waals surface area contributed by atoms with E-state index < -0.39 is 0 Å². The van der Waals surface area contributed by atoms with Crippen LogP contribution in [0.25, 0.3) is 0 Å². The molecule has 2 atom stereocenters. The van der Waals surface area contributed by atoms with E-state index in [1.807, 2.05) is 0 Å². The molecule has 2 N–H and O–H groups in total. The molecule has 3 nitrogen and oxygen atoms in total. The molecule has 2 fully saturated rings. The van der Waals surface area contributed by atoms with Gasteiger partial charge in [0.25, 0.3) is 0 Å². The van der Waals surface area contributed by atoms with Gasteiger partial charge in [0.15, 0.2) is 0 Å². The first-order chi connectivity index (χ1) is 10.2. The molecule has 0 radical (unpaired) electrons. The van der Waals surface area contributed by atoms with Gasteiger partial charge >= 0.3 is 0 Å². The topological polar surface area (TPSA) is 41.1 Å². The molecule has 0 aromatic heterocycles. The first-order valence-corrected chi connectivity index (χ1v) is 9.03. The van der Waals surface area contributed by atoms with E-state index >= 15 is 0 Å². The second-order valence-corrected chi connectivity index (χ2v) is 7.34. The van der Waals surface area contributed by atoms with Crippen LogP contribution in [0.2, 0.25) is 0 Å². The fraction of sp³-hybridized carbons (Fsp3) is 0.588. The molecule has 2 heterocycles. The van der Waals surface area contributed by atoms with Crippen molar-refractivity contribution in [3.05, 3.63) is 35.4 Å². The Morgan fingerprint density at radius 1 is 1.33 bits per heavy atom. The van der Waals surface area contributed by atoms with Gasteiger partial charge in [-0.1, -0.05) is 29.8 Å². The minimum absolute atomic E-state index is 0.193. The summed E-state index contributed by atoms with van der Waals surface area (Å²) in [6.45, 7) is 2.10. The van der Waals surface area contributed by atoms with Crippen molar-refractivity contribution in [2.75, 3.05) is 5.75 Å². The van der Waals surface area contributed by atoms with Gasteiger partial charge in [-0.05, 0) is 38.2 Å². The normalized spacial score (nSPS) is 27.6. The van der Waals surface area contributed by atoms with E-state index in [2.05, 4.69) is 41.8 Å². The Morgan fingerprint density at radius 3 is 2.81 bits per heavy atom. The van der Waals surface area contributed by atoms with Gasteiger partial charge < -0.3 is 10.6 Å². The second-order valence-electron chi connectivity index (χ2n) is 6.36. The lowest BCUT2D eigenvalue weighted by molar-refractivity contribution is -0.119. The average molecular weight is 304 g/mol. The molecule has 1 aromatic carbocycles. The highest BCUT2D eigenvalue weighted by Gasteiger charge is 2.33. The van der Waals surface area contributed by atoms with Crippen molar-refractivity contribution >= 4 is 17.7 Å². The number of hydrogen-bond donors (Lipinski definition) is 2. The smallest absolute Gasteiger partial charge is 0.230 e. The van der Waals surface area contributed by atoms with Crippen LogP contribution in [0, 0.1) is 6.92 Å². The third-order valence-electron chi connectivity index (χ3n) is 4.42. The number of piperidine rings is 1. The Bertz CT molecular complexity index is 493. The molecule has 1 aromatic rings. The van der Waals surface area contributed by atoms with E-state index in [0.717, 1.165) is 18.6 Å². The molecule has 21 heavy (non-hydrogen) atoms. The van der Waals surface area contributed by atoms with Crippen molar-refractivity contribution in [3.8, 4) is 0 Å². The number of thioether (sulfide) groups is 1. The molecular weight excluding hydrogens is 280 g/mol. The quantitative estimate of drug-likeness (QED) is 0.878. The highest BCUT2D eigenvalue weighted by molar-refractivity contribution is 7.99. The summed E-state index contributed by atoms with van der Waals surface area (Å²) in [6.07, 6.45) is 4.76. The van der Waals surface area contributed by atoms with Crippen LogP contribution in [0.4, 0.5) is 0 Å². The van der Waals surface area contributed by atoms with Crippen molar-refractivity contribution in [3.63, 3.8) is 0 Å². The Kier molecular flexibility index (Phi) is 4.86. The minimum atomic E-state index is 0.193. The van der Waals surface area contributed by atoms with Crippen molar-refractivity contribution in [2.24, 2.45) is 0 Å². The number of carbonyl (C=O) groups is 1. The summed E-state index contributed by atoms with van der Waals surface area (Å²) in [5.74, 6) is 1.67. The maximum Gasteiger partial charge on any atom is 0.230 e. The fourth-order valence-electron chi connectivity index (χ4n) is 3.51. The standard InChI is InChI=1S/C17H24N2OS/c1-12-3-2-4-13(7-12)10-21-11-17(20)19-16-8-14-5-6-15(9-16)18-14/h2-4,7,14-16,18H,5-6,8-11H2,1H3,(H,19,20). The summed E-state index contributed by atoms with van der Waals surface area (Å²) in [5, 5.41) is 6.82. The molecule has 4 heteroatoms. The van der Waals surface area contributed by atoms with E-state index in [-0.39, 0.29) is 5.91 Å². The minimum Gasteiger partial charge on any atom is -0.353 e. The van der Waals surface area contributed by atoms with Gasteiger partial charge in [-0.25, -0.2) is 0 Å². The van der Waals surface area contributed by atoms with Gasteiger partial charge in [-0.15, -0.1) is 11.8 Å². The van der Waals surface area contributed by atoms with Crippen LogP contribution in [0.3, 0.4) is 0 Å². The lowest BCUT2D eigenvalue weighted by Gasteiger charge is -2.29. The monoisotopic (exact) mass is 304 g/mol. The van der Waals surface area contributed by atoms with E-state index in [9.17, 15) is 4.79 Å². The van der Waals surface area contributed by atoms with Crippen molar-refractivity contribution in [2.45, 2.75) is 56.5 Å². The molecule has 3 rings (SSSR count). The van der Waals surface area contributed by atoms with Crippen molar-refractivity contribution < 1.29 is 4.79 Å². The molecule has 2 unspecified atom stereocenters. The van der Waals surface area contributed by atoms with Gasteiger partial charge in [0.1, 0.15) is 0 Å². The molecule has 114 valence electrons. The first-order valence-electron chi connectivity index (χ1n) is 7.88. The first kappa shape index (κ1) is 14.9. The molecule has 2 aliphatic heterocycles. The van der Waals surface area contributed by atoms with Gasteiger partial charge in [-0.3, -0.25) is 4.79 Å². The van der Waals surface area contributed by atoms with Crippen LogP contribution in [0.5, 0.6) is 0 Å². The van der Waals surface area contributed by atoms with Gasteiger partial charge in [-0.2, -0.15) is 0 Å². The van der Waals surface area contributed by atoms with Crippen molar-refractivity contribution in [1.29, 1.82) is 0 Å². The number of rotatable bonds is 5. The number of amides is 1. The Labute approximate surface area is 131 Å². The molecule has 0 spiro atoms. The molecule has 1 amide bonds. The van der Waals surface area contributed by atoms with Crippen LogP contribution in [0.1, 0.15) is 36.8 Å². The van der Waals surface area contributed by atoms with E-state index in [0.29, 0.717) is 23.9 Å². The Balaban J connectivity index is 1.38. The van der Waals surface area contributed by atoms with Crippen molar-refractivity contribution in [1.82, 2.24) is 10.6 Å². The fourth-order valence-corrected chi connectivity index (χ4v) is 4.29. The highest BCUT2D eigenvalue weighted by Crippen LogP contribution is 2.26. The molecule has 0 aliphatic carbocycles. The molecule has 2 aliphatic rings. The third-order valence-corrected chi connectivity index (χ3v) is 5.43. The summed E-state index contributed by atoms with van der Waals surface area (Å²) in [7, 11) is 0. The van der Waals surface area contributed by atoms with Crippen LogP contribution < -0.4 is 10.6 Å². The number of hydrogen-bond acceptors (Lipinski definition) is 3. The summed E-state index contributed by atoms with van der Waals surface area (Å²) in [4.78, 5) is 12.0. The summed E-state index contributed by atoms with van der Waals surface area (Å²) >= 11 is 1.70. The Hall–Kier alpha value is -1.00. The predicted octanol–water partition coefficient (Wildman–Crippen LogP) is 2.63. The number of fused-ring (bicyclic) bond motifs is 2. The van der Waals surface area contributed by atoms with E-state index in [1.54, 1.807) is 11.8 Å². The SMILES string of the molecule is Cc1cccc(CSCC(=O)NC2CC3CCC(C2)N3)c1. The van der Waals surface area contributed by atoms with Crippen LogP contribution in [0.15, 0.2) is 24.3 Å². The lowest BCUT2D eigenvalue weighted by atomic mass is 10.00. The molecule has 2 saturated heterocycles. The maximum absolute atomic E-state index is 12.0. The van der Waals surface area contributed by atoms with Crippen LogP contribution in [-0.2, 0) is 10.5 Å². The maximum atomic E-state index is 12.0. The van der Waals surface area contributed by atoms with Gasteiger partial charge in [0.05, 0.1) is 5.75 Å². The molecule has 0 saturated carbocycles. The zero-order valence-corrected chi connectivity index (χ0v) is 13.4. The number of nitrogens with one attached hydrogen (secondary N) is 2. The number of benzene rings is 1.